The first-order chi connectivity index (χ1) is 13.8. The molecular weight excluding hydrogens is 386 g/mol. The summed E-state index contributed by atoms with van der Waals surface area (Å²) in [5.41, 5.74) is 2.85. The van der Waals surface area contributed by atoms with E-state index in [1.807, 2.05) is 37.3 Å². The van der Waals surface area contributed by atoms with Gasteiger partial charge in [-0.3, -0.25) is 9.10 Å². The van der Waals surface area contributed by atoms with Gasteiger partial charge in [-0.05, 0) is 26.0 Å². The summed E-state index contributed by atoms with van der Waals surface area (Å²) in [6.07, 6.45) is 1.15. The monoisotopic (exact) mass is 416 g/mol. The van der Waals surface area contributed by atoms with Crippen LogP contribution in [0.4, 0.5) is 5.69 Å². The van der Waals surface area contributed by atoms with Crippen LogP contribution in [0.3, 0.4) is 0 Å². The molecule has 2 aromatic rings. The van der Waals surface area contributed by atoms with Crippen LogP contribution in [0.5, 0.6) is 0 Å². The van der Waals surface area contributed by atoms with Crippen LogP contribution in [0.15, 0.2) is 54.6 Å². The molecule has 29 heavy (non-hydrogen) atoms. The molecule has 0 bridgehead atoms. The zero-order chi connectivity index (χ0) is 21.0. The maximum atomic E-state index is 13.1. The van der Waals surface area contributed by atoms with Gasteiger partial charge in [-0.25, -0.2) is 8.42 Å². The highest BCUT2D eigenvalue weighted by atomic mass is 32.2. The summed E-state index contributed by atoms with van der Waals surface area (Å²) >= 11 is 0. The number of nitrogens with zero attached hydrogens (tertiary/aromatic N) is 2. The number of carbonyl (C=O) groups excluding carboxylic acids is 1. The number of amides is 1. The van der Waals surface area contributed by atoms with E-state index < -0.39 is 16.1 Å². The highest BCUT2D eigenvalue weighted by Crippen LogP contribution is 2.22. The van der Waals surface area contributed by atoms with Crippen LogP contribution < -0.4 is 9.21 Å². The Bertz CT molecular complexity index is 922. The van der Waals surface area contributed by atoms with E-state index in [2.05, 4.69) is 12.1 Å². The molecule has 156 valence electrons. The zero-order valence-corrected chi connectivity index (χ0v) is 18.2. The van der Waals surface area contributed by atoms with Gasteiger partial charge in [0.05, 0.1) is 38.1 Å². The topological polar surface area (TPSA) is 62.1 Å². The van der Waals surface area contributed by atoms with Crippen LogP contribution >= 0.6 is 0 Å². The summed E-state index contributed by atoms with van der Waals surface area (Å²) in [6, 6.07) is 16.8. The van der Waals surface area contributed by atoms with Gasteiger partial charge in [0.1, 0.15) is 12.6 Å². The molecular formula is C22H30N3O3S+. The normalized spacial score (nSPS) is 16.4. The molecule has 0 saturated carbocycles. The maximum Gasteiger partial charge on any atom is 0.246 e. The van der Waals surface area contributed by atoms with Crippen molar-refractivity contribution in [2.45, 2.75) is 26.4 Å². The van der Waals surface area contributed by atoms with Gasteiger partial charge in [-0.15, -0.1) is 0 Å². The van der Waals surface area contributed by atoms with Crippen LogP contribution in [-0.2, 0) is 21.4 Å². The van der Waals surface area contributed by atoms with Crippen LogP contribution in [0.1, 0.15) is 18.1 Å². The van der Waals surface area contributed by atoms with Gasteiger partial charge in [0.15, 0.2) is 0 Å². The van der Waals surface area contributed by atoms with Crippen molar-refractivity contribution in [3.05, 3.63) is 65.7 Å². The predicted molar refractivity (Wildman–Crippen MR) is 115 cm³/mol. The Morgan fingerprint density at radius 2 is 1.66 bits per heavy atom. The minimum Gasteiger partial charge on any atom is -0.330 e. The van der Waals surface area contributed by atoms with E-state index in [-0.39, 0.29) is 5.91 Å². The summed E-state index contributed by atoms with van der Waals surface area (Å²) in [7, 11) is -3.58. The summed E-state index contributed by atoms with van der Waals surface area (Å²) in [5.74, 6) is -0.144. The lowest BCUT2D eigenvalue weighted by atomic mass is 10.1. The fraction of sp³-hybridized carbons (Fsp3) is 0.409. The second-order valence-corrected chi connectivity index (χ2v) is 9.67. The van der Waals surface area contributed by atoms with Gasteiger partial charge in [0.25, 0.3) is 0 Å². The lowest BCUT2D eigenvalue weighted by molar-refractivity contribution is -0.917. The predicted octanol–water partition coefficient (Wildman–Crippen LogP) is 1.08. The highest BCUT2D eigenvalue weighted by Gasteiger charge is 2.34. The van der Waals surface area contributed by atoms with Crippen molar-refractivity contribution in [1.82, 2.24) is 4.90 Å². The second kappa shape index (κ2) is 8.97. The van der Waals surface area contributed by atoms with E-state index in [0.717, 1.165) is 31.5 Å². The molecule has 3 rings (SSSR count). The molecule has 7 heteroatoms. The molecule has 1 heterocycles. The minimum atomic E-state index is -3.58. The Morgan fingerprint density at radius 1 is 1.07 bits per heavy atom. The van der Waals surface area contributed by atoms with Crippen molar-refractivity contribution in [3.8, 4) is 0 Å². The fourth-order valence-corrected chi connectivity index (χ4v) is 5.03. The molecule has 0 unspecified atom stereocenters. The summed E-state index contributed by atoms with van der Waals surface area (Å²) in [6.45, 7) is 7.55. The van der Waals surface area contributed by atoms with Crippen molar-refractivity contribution < 1.29 is 18.1 Å². The molecule has 1 amide bonds. The zero-order valence-electron chi connectivity index (χ0n) is 17.3. The number of aryl methyl sites for hydroxylation is 1. The second-order valence-electron chi connectivity index (χ2n) is 7.81. The number of carbonyl (C=O) groups is 1. The van der Waals surface area contributed by atoms with E-state index in [0.29, 0.717) is 18.8 Å². The number of benzene rings is 2. The number of piperazine rings is 1. The average Bonchev–Trinajstić information content (AvgIpc) is 2.69. The summed E-state index contributed by atoms with van der Waals surface area (Å²) in [5, 5.41) is 0. The maximum absolute atomic E-state index is 13.1. The number of nitrogens with one attached hydrogen (secondary N) is 1. The molecule has 1 fully saturated rings. The van der Waals surface area contributed by atoms with Gasteiger partial charge >= 0.3 is 0 Å². The Morgan fingerprint density at radius 3 is 2.21 bits per heavy atom. The Hall–Kier alpha value is -2.38. The minimum absolute atomic E-state index is 0.144. The highest BCUT2D eigenvalue weighted by molar-refractivity contribution is 7.92. The number of rotatable bonds is 6. The van der Waals surface area contributed by atoms with Crippen molar-refractivity contribution >= 4 is 21.6 Å². The number of quaternary nitrogens is 1. The summed E-state index contributed by atoms with van der Waals surface area (Å²) in [4.78, 5) is 16.3. The third-order valence-corrected chi connectivity index (χ3v) is 6.68. The van der Waals surface area contributed by atoms with Crippen molar-refractivity contribution in [2.24, 2.45) is 0 Å². The standard InChI is InChI=1S/C22H29N3O3S/c1-18-9-11-21(12-10-18)25(29(3,27)28)19(2)22(26)24-15-13-23(14-16-24)17-20-7-5-4-6-8-20/h4-12,19H,13-17H2,1-3H3/p+1/t19-/m0/s1. The van der Waals surface area contributed by atoms with Gasteiger partial charge in [0.2, 0.25) is 15.9 Å². The van der Waals surface area contributed by atoms with Gasteiger partial charge in [-0.1, -0.05) is 48.0 Å². The number of sulfonamides is 1. The first-order valence-electron chi connectivity index (χ1n) is 9.98. The molecule has 2 aromatic carbocycles. The van der Waals surface area contributed by atoms with E-state index in [9.17, 15) is 13.2 Å². The smallest absolute Gasteiger partial charge is 0.246 e. The molecule has 1 N–H and O–H groups in total. The van der Waals surface area contributed by atoms with Crippen LogP contribution in [0, 0.1) is 6.92 Å². The molecule has 1 saturated heterocycles. The average molecular weight is 417 g/mol. The fourth-order valence-electron chi connectivity index (χ4n) is 3.86. The molecule has 1 atom stereocenters. The number of anilines is 1. The van der Waals surface area contributed by atoms with Gasteiger partial charge < -0.3 is 9.80 Å². The van der Waals surface area contributed by atoms with Crippen LogP contribution in [0.25, 0.3) is 0 Å². The molecule has 0 radical (unpaired) electrons. The van der Waals surface area contributed by atoms with Crippen molar-refractivity contribution in [3.63, 3.8) is 0 Å². The largest absolute Gasteiger partial charge is 0.330 e. The van der Waals surface area contributed by atoms with Crippen molar-refractivity contribution in [1.29, 1.82) is 0 Å². The van der Waals surface area contributed by atoms with Crippen LogP contribution in [0.2, 0.25) is 0 Å². The van der Waals surface area contributed by atoms with E-state index in [1.54, 1.807) is 24.0 Å². The molecule has 6 nitrogen and oxygen atoms in total. The Balaban J connectivity index is 1.66. The Labute approximate surface area is 173 Å². The third-order valence-electron chi connectivity index (χ3n) is 5.43. The SMILES string of the molecule is Cc1ccc(N([C@@H](C)C(=O)N2CC[NH+](Cc3ccccc3)CC2)S(C)(=O)=O)cc1. The van der Waals surface area contributed by atoms with Crippen LogP contribution in [-0.4, -0.2) is 57.7 Å². The summed E-state index contributed by atoms with van der Waals surface area (Å²) < 4.78 is 26.1. The van der Waals surface area contributed by atoms with E-state index >= 15 is 0 Å². The lowest BCUT2D eigenvalue weighted by Gasteiger charge is -2.36. The van der Waals surface area contributed by atoms with Crippen molar-refractivity contribution in [2.75, 3.05) is 36.7 Å². The Kier molecular flexibility index (Phi) is 6.59. The third kappa shape index (κ3) is 5.36. The first kappa shape index (κ1) is 21.3. The van der Waals surface area contributed by atoms with E-state index in [4.69, 9.17) is 0 Å². The lowest BCUT2D eigenvalue weighted by Crippen LogP contribution is -3.13. The van der Waals surface area contributed by atoms with E-state index in [1.165, 1.54) is 14.8 Å². The molecule has 1 aliphatic heterocycles. The molecule has 0 aliphatic carbocycles. The number of hydrogen-bond donors (Lipinski definition) is 1. The van der Waals surface area contributed by atoms with Gasteiger partial charge in [0, 0.05) is 5.56 Å². The first-order valence-corrected chi connectivity index (χ1v) is 11.8. The quantitative estimate of drug-likeness (QED) is 0.767. The molecule has 0 aromatic heterocycles. The molecule has 0 spiro atoms. The van der Waals surface area contributed by atoms with Gasteiger partial charge in [-0.2, -0.15) is 0 Å². The molecule has 1 aliphatic rings. The number of hydrogen-bond acceptors (Lipinski definition) is 3.